The highest BCUT2D eigenvalue weighted by molar-refractivity contribution is 7.26. The SMILES string of the molecule is c1ccc(N(c2ccc3c(c2)sc2ccc4ccccc4c23)c2cccc3c2oc2ccccc23)cc1. The van der Waals surface area contributed by atoms with Crippen LogP contribution in [0.4, 0.5) is 17.1 Å². The molecule has 0 aliphatic carbocycles. The van der Waals surface area contributed by atoms with Crippen molar-refractivity contribution in [2.45, 2.75) is 0 Å². The summed E-state index contributed by atoms with van der Waals surface area (Å²) >= 11 is 1.86. The van der Waals surface area contributed by atoms with E-state index in [-0.39, 0.29) is 0 Å². The van der Waals surface area contributed by atoms with Gasteiger partial charge in [0.2, 0.25) is 0 Å². The van der Waals surface area contributed by atoms with Crippen LogP contribution in [-0.4, -0.2) is 0 Å². The minimum Gasteiger partial charge on any atom is -0.454 e. The standard InChI is InChI=1S/C34H21NOS/c1-2-10-23(11-3-1)35(29-15-8-14-27-26-13-6-7-16-30(26)36-34(27)29)24-18-19-28-32(21-24)37-31-20-17-22-9-4-5-12-25(22)33(28)31/h1-21H. The van der Waals surface area contributed by atoms with Gasteiger partial charge in [0.1, 0.15) is 5.58 Å². The first-order chi connectivity index (χ1) is 18.3. The molecule has 37 heavy (non-hydrogen) atoms. The summed E-state index contributed by atoms with van der Waals surface area (Å²) in [6.45, 7) is 0. The Hall–Kier alpha value is -4.60. The Balaban J connectivity index is 1.40. The molecule has 0 radical (unpaired) electrons. The number of thiophene rings is 1. The monoisotopic (exact) mass is 491 g/mol. The summed E-state index contributed by atoms with van der Waals surface area (Å²) in [5, 5.41) is 7.50. The van der Waals surface area contributed by atoms with Gasteiger partial charge in [0.25, 0.3) is 0 Å². The zero-order chi connectivity index (χ0) is 24.3. The van der Waals surface area contributed by atoms with Crippen LogP contribution in [0.3, 0.4) is 0 Å². The third kappa shape index (κ3) is 3.11. The quantitative estimate of drug-likeness (QED) is 0.244. The minimum atomic E-state index is 0.898. The van der Waals surface area contributed by atoms with Crippen LogP contribution in [-0.2, 0) is 0 Å². The molecule has 6 aromatic carbocycles. The highest BCUT2D eigenvalue weighted by atomic mass is 32.1. The zero-order valence-electron chi connectivity index (χ0n) is 19.9. The van der Waals surface area contributed by atoms with E-state index >= 15 is 0 Å². The number of benzene rings is 6. The summed E-state index contributed by atoms with van der Waals surface area (Å²) < 4.78 is 9.05. The van der Waals surface area contributed by atoms with Gasteiger partial charge in [-0.3, -0.25) is 0 Å². The molecule has 2 aromatic heterocycles. The van der Waals surface area contributed by atoms with Gasteiger partial charge >= 0.3 is 0 Å². The molecule has 0 fully saturated rings. The predicted octanol–water partition coefficient (Wildman–Crippen LogP) is 10.6. The van der Waals surface area contributed by atoms with Gasteiger partial charge in [0.15, 0.2) is 5.58 Å². The van der Waals surface area contributed by atoms with Crippen LogP contribution in [0.2, 0.25) is 0 Å². The number of para-hydroxylation sites is 3. The van der Waals surface area contributed by atoms with E-state index in [2.05, 4.69) is 120 Å². The second-order valence-corrected chi connectivity index (χ2v) is 10.4. The van der Waals surface area contributed by atoms with E-state index in [1.54, 1.807) is 0 Å². The number of rotatable bonds is 3. The normalized spacial score (nSPS) is 11.8. The number of hydrogen-bond acceptors (Lipinski definition) is 3. The first-order valence-electron chi connectivity index (χ1n) is 12.4. The summed E-state index contributed by atoms with van der Waals surface area (Å²) in [5.74, 6) is 0. The van der Waals surface area contributed by atoms with Crippen molar-refractivity contribution in [3.63, 3.8) is 0 Å². The number of anilines is 3. The van der Waals surface area contributed by atoms with Crippen molar-refractivity contribution in [2.75, 3.05) is 4.90 Å². The van der Waals surface area contributed by atoms with Gasteiger partial charge in [-0.25, -0.2) is 0 Å². The molecule has 0 N–H and O–H groups in total. The van der Waals surface area contributed by atoms with Crippen molar-refractivity contribution in [3.8, 4) is 0 Å². The minimum absolute atomic E-state index is 0.898. The number of hydrogen-bond donors (Lipinski definition) is 0. The highest BCUT2D eigenvalue weighted by Gasteiger charge is 2.20. The van der Waals surface area contributed by atoms with Crippen molar-refractivity contribution < 1.29 is 4.42 Å². The molecule has 3 heteroatoms. The Bertz CT molecular complexity index is 2100. The van der Waals surface area contributed by atoms with Gasteiger partial charge < -0.3 is 9.32 Å². The van der Waals surface area contributed by atoms with Crippen LogP contribution < -0.4 is 4.90 Å². The molecule has 8 aromatic rings. The Morgan fingerprint density at radius 2 is 1.30 bits per heavy atom. The van der Waals surface area contributed by atoms with Gasteiger partial charge in [-0.2, -0.15) is 0 Å². The summed E-state index contributed by atoms with van der Waals surface area (Å²) in [5.41, 5.74) is 5.05. The van der Waals surface area contributed by atoms with Crippen LogP contribution in [0.15, 0.2) is 132 Å². The molecule has 0 saturated heterocycles. The van der Waals surface area contributed by atoms with Crippen LogP contribution in [0.1, 0.15) is 0 Å². The van der Waals surface area contributed by atoms with Crippen molar-refractivity contribution in [3.05, 3.63) is 127 Å². The zero-order valence-corrected chi connectivity index (χ0v) is 20.7. The molecule has 8 rings (SSSR count). The average molecular weight is 492 g/mol. The lowest BCUT2D eigenvalue weighted by Gasteiger charge is -2.25. The molecule has 0 saturated carbocycles. The van der Waals surface area contributed by atoms with Crippen molar-refractivity contribution in [2.24, 2.45) is 0 Å². The fourth-order valence-electron chi connectivity index (χ4n) is 5.59. The Kier molecular flexibility index (Phi) is 4.42. The van der Waals surface area contributed by atoms with Crippen LogP contribution in [0, 0.1) is 0 Å². The molecule has 2 heterocycles. The van der Waals surface area contributed by atoms with E-state index < -0.39 is 0 Å². The van der Waals surface area contributed by atoms with Crippen molar-refractivity contribution in [1.82, 2.24) is 0 Å². The molecule has 0 bridgehead atoms. The average Bonchev–Trinajstić information content (AvgIpc) is 3.52. The molecule has 174 valence electrons. The van der Waals surface area contributed by atoms with Crippen LogP contribution >= 0.6 is 11.3 Å². The van der Waals surface area contributed by atoms with Crippen LogP contribution in [0.5, 0.6) is 0 Å². The van der Waals surface area contributed by atoms with E-state index in [1.807, 2.05) is 23.5 Å². The summed E-state index contributed by atoms with van der Waals surface area (Å²) in [6, 6.07) is 45.2. The summed E-state index contributed by atoms with van der Waals surface area (Å²) in [6.07, 6.45) is 0. The van der Waals surface area contributed by atoms with Gasteiger partial charge in [0, 0.05) is 42.3 Å². The molecule has 0 spiro atoms. The van der Waals surface area contributed by atoms with E-state index in [0.29, 0.717) is 0 Å². The van der Waals surface area contributed by atoms with Gasteiger partial charge in [-0.05, 0) is 53.2 Å². The lowest BCUT2D eigenvalue weighted by Crippen LogP contribution is -2.09. The fourth-order valence-corrected chi connectivity index (χ4v) is 6.74. The second-order valence-electron chi connectivity index (χ2n) is 9.37. The van der Waals surface area contributed by atoms with Gasteiger partial charge in [-0.1, -0.05) is 84.9 Å². The summed E-state index contributed by atoms with van der Waals surface area (Å²) in [7, 11) is 0. The van der Waals surface area contributed by atoms with Crippen molar-refractivity contribution in [1.29, 1.82) is 0 Å². The lowest BCUT2D eigenvalue weighted by atomic mass is 10.0. The molecule has 0 amide bonds. The smallest absolute Gasteiger partial charge is 0.159 e. The molecular weight excluding hydrogens is 470 g/mol. The Labute approximate surface area is 217 Å². The third-order valence-corrected chi connectivity index (χ3v) is 8.36. The molecule has 0 aliphatic heterocycles. The number of furan rings is 1. The number of nitrogens with zero attached hydrogens (tertiary/aromatic N) is 1. The summed E-state index contributed by atoms with van der Waals surface area (Å²) in [4.78, 5) is 2.31. The first-order valence-corrected chi connectivity index (χ1v) is 13.3. The predicted molar refractivity (Wildman–Crippen MR) is 159 cm³/mol. The maximum absolute atomic E-state index is 6.45. The van der Waals surface area contributed by atoms with E-state index in [1.165, 1.54) is 30.9 Å². The largest absolute Gasteiger partial charge is 0.454 e. The lowest BCUT2D eigenvalue weighted by molar-refractivity contribution is 0.669. The van der Waals surface area contributed by atoms with Gasteiger partial charge in [-0.15, -0.1) is 11.3 Å². The Morgan fingerprint density at radius 1 is 0.514 bits per heavy atom. The molecule has 0 aliphatic rings. The van der Waals surface area contributed by atoms with Gasteiger partial charge in [0.05, 0.1) is 5.69 Å². The Morgan fingerprint density at radius 3 is 2.22 bits per heavy atom. The molecular formula is C34H21NOS. The third-order valence-electron chi connectivity index (χ3n) is 7.24. The molecule has 2 nitrogen and oxygen atoms in total. The van der Waals surface area contributed by atoms with Crippen LogP contribution in [0.25, 0.3) is 52.9 Å². The fraction of sp³-hybridized carbons (Fsp3) is 0. The molecule has 0 atom stereocenters. The topological polar surface area (TPSA) is 16.4 Å². The van der Waals surface area contributed by atoms with E-state index in [0.717, 1.165) is 39.0 Å². The van der Waals surface area contributed by atoms with Crippen molar-refractivity contribution >= 4 is 81.3 Å². The highest BCUT2D eigenvalue weighted by Crippen LogP contribution is 2.45. The molecule has 0 unspecified atom stereocenters. The maximum atomic E-state index is 6.45. The number of fused-ring (bicyclic) bond motifs is 8. The van der Waals surface area contributed by atoms with E-state index in [9.17, 15) is 0 Å². The van der Waals surface area contributed by atoms with E-state index in [4.69, 9.17) is 4.42 Å². The second kappa shape index (κ2) is 7.95. The maximum Gasteiger partial charge on any atom is 0.159 e. The first kappa shape index (κ1) is 20.6.